The van der Waals surface area contributed by atoms with E-state index in [1.54, 1.807) is 0 Å². The average molecular weight is 436 g/mol. The normalized spacial score (nSPS) is 21.6. The summed E-state index contributed by atoms with van der Waals surface area (Å²) in [5.41, 5.74) is 0.291. The number of nitrogens with one attached hydrogen (secondary N) is 1. The van der Waals surface area contributed by atoms with Gasteiger partial charge in [0.15, 0.2) is 9.84 Å². The predicted molar refractivity (Wildman–Crippen MR) is 97.3 cm³/mol. The second-order valence-corrected chi connectivity index (χ2v) is 8.96. The molecule has 8 nitrogen and oxygen atoms in total. The highest BCUT2D eigenvalue weighted by molar-refractivity contribution is 7.91. The second-order valence-electron chi connectivity index (χ2n) is 6.32. The number of carbonyl (C=O) groups is 2. The Bertz CT molecular complexity index is 938. The molecule has 28 heavy (non-hydrogen) atoms. The maximum Gasteiger partial charge on any atom is 0.387 e. The van der Waals surface area contributed by atoms with Crippen LogP contribution in [0.3, 0.4) is 0 Å². The summed E-state index contributed by atoms with van der Waals surface area (Å²) in [5, 5.41) is 7.54. The van der Waals surface area contributed by atoms with Crippen molar-refractivity contribution in [3.05, 3.63) is 23.2 Å². The fraction of sp³-hybridized carbons (Fsp3) is 0.438. The molecule has 2 aliphatic heterocycles. The molecule has 0 spiro atoms. The fourth-order valence-corrected chi connectivity index (χ4v) is 4.88. The first-order valence-corrected chi connectivity index (χ1v) is 10.5. The maximum absolute atomic E-state index is 12.4. The first-order valence-electron chi connectivity index (χ1n) is 8.30. The fourth-order valence-electron chi connectivity index (χ4n) is 2.96. The third-order valence-electron chi connectivity index (χ3n) is 4.28. The molecule has 1 atom stereocenters. The minimum atomic E-state index is -3.22. The van der Waals surface area contributed by atoms with Gasteiger partial charge in [-0.2, -0.15) is 13.9 Å². The minimum absolute atomic E-state index is 0.0238. The molecule has 2 amide bonds. The molecule has 1 aromatic rings. The zero-order valence-electron chi connectivity index (χ0n) is 14.4. The number of ether oxygens (including phenoxy) is 1. The quantitative estimate of drug-likeness (QED) is 0.762. The van der Waals surface area contributed by atoms with E-state index in [1.165, 1.54) is 18.2 Å². The summed E-state index contributed by atoms with van der Waals surface area (Å²) in [5.74, 6) is -1.38. The molecule has 1 saturated heterocycles. The number of carbonyl (C=O) groups excluding carboxylic acids is 2. The Hall–Kier alpha value is -2.27. The van der Waals surface area contributed by atoms with Gasteiger partial charge in [-0.3, -0.25) is 9.59 Å². The van der Waals surface area contributed by atoms with Gasteiger partial charge in [0.05, 0.1) is 22.6 Å². The van der Waals surface area contributed by atoms with Crippen LogP contribution in [0.25, 0.3) is 0 Å². The number of nitrogens with zero attached hydrogens (tertiary/aromatic N) is 2. The van der Waals surface area contributed by atoms with Crippen LogP contribution < -0.4 is 10.1 Å². The second kappa shape index (κ2) is 8.00. The molecule has 2 heterocycles. The summed E-state index contributed by atoms with van der Waals surface area (Å²) in [4.78, 5) is 24.5. The van der Waals surface area contributed by atoms with E-state index >= 15 is 0 Å². The van der Waals surface area contributed by atoms with E-state index in [1.807, 2.05) is 0 Å². The standard InChI is InChI=1S/C16H16ClF2N3O5S/c17-11-7-9(1-3-13(11)27-16(18)19)20-15(24)12-2-4-14(23)22(21-12)10-5-6-28(25,26)8-10/h1,3,7,10,16H,2,4-6,8H2,(H,20,24)/t10-/m0/s1. The number of alkyl halides is 2. The minimum Gasteiger partial charge on any atom is -0.433 e. The van der Waals surface area contributed by atoms with Gasteiger partial charge in [-0.05, 0) is 24.6 Å². The van der Waals surface area contributed by atoms with Crippen molar-refractivity contribution in [3.8, 4) is 5.75 Å². The van der Waals surface area contributed by atoms with Crippen LogP contribution in [0.1, 0.15) is 19.3 Å². The highest BCUT2D eigenvalue weighted by Crippen LogP contribution is 2.29. The molecule has 0 aliphatic carbocycles. The largest absolute Gasteiger partial charge is 0.433 e. The summed E-state index contributed by atoms with van der Waals surface area (Å²) in [7, 11) is -3.22. The van der Waals surface area contributed by atoms with Gasteiger partial charge in [0, 0.05) is 18.5 Å². The van der Waals surface area contributed by atoms with Crippen LogP contribution in [0, 0.1) is 0 Å². The lowest BCUT2D eigenvalue weighted by molar-refractivity contribution is -0.133. The first kappa shape index (κ1) is 20.5. The van der Waals surface area contributed by atoms with Crippen molar-refractivity contribution in [2.24, 2.45) is 5.10 Å². The molecule has 0 radical (unpaired) electrons. The number of halogens is 3. The van der Waals surface area contributed by atoms with E-state index in [-0.39, 0.29) is 58.8 Å². The Morgan fingerprint density at radius 2 is 2.11 bits per heavy atom. The zero-order valence-corrected chi connectivity index (χ0v) is 16.0. The van der Waals surface area contributed by atoms with E-state index < -0.39 is 28.4 Å². The van der Waals surface area contributed by atoms with Crippen LogP contribution in [0.4, 0.5) is 14.5 Å². The van der Waals surface area contributed by atoms with Gasteiger partial charge >= 0.3 is 6.61 Å². The number of benzene rings is 1. The van der Waals surface area contributed by atoms with Crippen LogP contribution in [0.2, 0.25) is 5.02 Å². The number of hydrogen-bond acceptors (Lipinski definition) is 6. The van der Waals surface area contributed by atoms with Crippen molar-refractivity contribution in [2.45, 2.75) is 31.9 Å². The lowest BCUT2D eigenvalue weighted by atomic mass is 10.1. The van der Waals surface area contributed by atoms with Gasteiger partial charge in [0.2, 0.25) is 5.91 Å². The van der Waals surface area contributed by atoms with Crippen molar-refractivity contribution in [2.75, 3.05) is 16.8 Å². The number of amides is 2. The molecular weight excluding hydrogens is 420 g/mol. The Morgan fingerprint density at radius 3 is 2.71 bits per heavy atom. The van der Waals surface area contributed by atoms with Gasteiger partial charge in [-0.25, -0.2) is 13.4 Å². The van der Waals surface area contributed by atoms with Gasteiger partial charge in [-0.15, -0.1) is 0 Å². The smallest absolute Gasteiger partial charge is 0.387 e. The monoisotopic (exact) mass is 435 g/mol. The van der Waals surface area contributed by atoms with Crippen LogP contribution in [-0.4, -0.2) is 55.1 Å². The molecule has 152 valence electrons. The Morgan fingerprint density at radius 1 is 1.36 bits per heavy atom. The first-order chi connectivity index (χ1) is 13.1. The molecule has 0 unspecified atom stereocenters. The summed E-state index contributed by atoms with van der Waals surface area (Å²) >= 11 is 5.85. The third kappa shape index (κ3) is 4.76. The molecule has 1 fully saturated rings. The number of hydrazone groups is 1. The summed E-state index contributed by atoms with van der Waals surface area (Å²) in [6.07, 6.45) is 0.402. The molecule has 1 N–H and O–H groups in total. The predicted octanol–water partition coefficient (Wildman–Crippen LogP) is 2.05. The van der Waals surface area contributed by atoms with Crippen LogP contribution >= 0.6 is 11.6 Å². The van der Waals surface area contributed by atoms with Crippen LogP contribution in [0.15, 0.2) is 23.3 Å². The lowest BCUT2D eigenvalue weighted by Gasteiger charge is -2.27. The number of hydrogen-bond donors (Lipinski definition) is 1. The van der Waals surface area contributed by atoms with Crippen molar-refractivity contribution in [1.29, 1.82) is 0 Å². The highest BCUT2D eigenvalue weighted by atomic mass is 35.5. The van der Waals surface area contributed by atoms with E-state index in [0.717, 1.165) is 5.01 Å². The summed E-state index contributed by atoms with van der Waals surface area (Å²) in [6.45, 7) is -3.03. The summed E-state index contributed by atoms with van der Waals surface area (Å²) < 4.78 is 52.0. The Labute approximate surface area is 164 Å². The zero-order chi connectivity index (χ0) is 20.5. The maximum atomic E-state index is 12.4. The molecule has 3 rings (SSSR count). The van der Waals surface area contributed by atoms with Crippen LogP contribution in [-0.2, 0) is 19.4 Å². The van der Waals surface area contributed by atoms with Crippen LogP contribution in [0.5, 0.6) is 5.75 Å². The summed E-state index contributed by atoms with van der Waals surface area (Å²) in [6, 6.07) is 3.18. The topological polar surface area (TPSA) is 105 Å². The lowest BCUT2D eigenvalue weighted by Crippen LogP contribution is -2.42. The number of sulfone groups is 1. The van der Waals surface area contributed by atoms with Crippen molar-refractivity contribution in [1.82, 2.24) is 5.01 Å². The molecule has 0 saturated carbocycles. The third-order valence-corrected chi connectivity index (χ3v) is 6.33. The molecule has 0 bridgehead atoms. The van der Waals surface area contributed by atoms with Gasteiger partial charge in [0.25, 0.3) is 5.91 Å². The Kier molecular flexibility index (Phi) is 5.84. The van der Waals surface area contributed by atoms with E-state index in [2.05, 4.69) is 15.2 Å². The molecular formula is C16H16ClF2N3O5S. The average Bonchev–Trinajstić information content (AvgIpc) is 2.97. The molecule has 2 aliphatic rings. The van der Waals surface area contributed by atoms with Crippen molar-refractivity contribution in [3.63, 3.8) is 0 Å². The number of rotatable bonds is 5. The van der Waals surface area contributed by atoms with E-state index in [4.69, 9.17) is 11.6 Å². The van der Waals surface area contributed by atoms with E-state index in [9.17, 15) is 26.8 Å². The molecule has 0 aromatic heterocycles. The van der Waals surface area contributed by atoms with Gasteiger partial charge < -0.3 is 10.1 Å². The van der Waals surface area contributed by atoms with Gasteiger partial charge in [-0.1, -0.05) is 11.6 Å². The van der Waals surface area contributed by atoms with Gasteiger partial charge in [0.1, 0.15) is 11.5 Å². The number of anilines is 1. The van der Waals surface area contributed by atoms with Crippen molar-refractivity contribution < 1.29 is 31.5 Å². The van der Waals surface area contributed by atoms with E-state index in [0.29, 0.717) is 0 Å². The van der Waals surface area contributed by atoms with Crippen molar-refractivity contribution >= 4 is 44.7 Å². The molecule has 1 aromatic carbocycles. The SMILES string of the molecule is O=C(Nc1ccc(OC(F)F)c(Cl)c1)C1=NN([C@H]2CCS(=O)(=O)C2)C(=O)CC1. The highest BCUT2D eigenvalue weighted by Gasteiger charge is 2.37. The molecule has 12 heteroatoms. The Balaban J connectivity index is 1.72.